The van der Waals surface area contributed by atoms with Crippen LogP contribution in [0.25, 0.3) is 27.6 Å². The molecule has 3 aromatic rings. The molecule has 1 aliphatic carbocycles. The first-order chi connectivity index (χ1) is 9.66. The molecule has 3 aromatic carbocycles. The van der Waals surface area contributed by atoms with Crippen molar-refractivity contribution in [3.63, 3.8) is 0 Å². The Morgan fingerprint density at radius 2 is 1.65 bits per heavy atom. The molecule has 0 radical (unpaired) electrons. The van der Waals surface area contributed by atoms with Crippen LogP contribution in [0.4, 0.5) is 0 Å². The average Bonchev–Trinajstić information content (AvgIpc) is 2.43. The fourth-order valence-electron chi connectivity index (χ4n) is 3.12. The first-order valence-corrected chi connectivity index (χ1v) is 6.73. The number of carbonyl (C=O) groups is 2. The Morgan fingerprint density at radius 3 is 2.35 bits per heavy atom. The number of hydrogen-bond acceptors (Lipinski definition) is 2. The molecule has 2 nitrogen and oxygen atoms in total. The SMILES string of the molecule is O=C(Cl)C1C(=O)C=c2ccc3cccc4ccc1c2c43. The fraction of sp³-hybridized carbons (Fsp3) is 0.0588. The maximum Gasteiger partial charge on any atom is 0.236 e. The smallest absolute Gasteiger partial charge is 0.236 e. The van der Waals surface area contributed by atoms with E-state index in [1.54, 1.807) is 0 Å². The third-order valence-corrected chi connectivity index (χ3v) is 4.18. The van der Waals surface area contributed by atoms with E-state index in [9.17, 15) is 9.59 Å². The minimum Gasteiger partial charge on any atom is -0.294 e. The first kappa shape index (κ1) is 11.6. The summed E-state index contributed by atoms with van der Waals surface area (Å²) in [6.07, 6.45) is 1.53. The van der Waals surface area contributed by atoms with E-state index >= 15 is 0 Å². The zero-order valence-electron chi connectivity index (χ0n) is 10.4. The number of benzene rings is 3. The molecule has 0 saturated heterocycles. The number of hydrogen-bond donors (Lipinski definition) is 0. The van der Waals surface area contributed by atoms with Gasteiger partial charge in [-0.3, -0.25) is 9.59 Å². The average molecular weight is 281 g/mol. The van der Waals surface area contributed by atoms with Gasteiger partial charge in [-0.2, -0.15) is 0 Å². The van der Waals surface area contributed by atoms with Gasteiger partial charge in [0.1, 0.15) is 5.92 Å². The molecule has 4 rings (SSSR count). The molecular weight excluding hydrogens is 272 g/mol. The van der Waals surface area contributed by atoms with Gasteiger partial charge < -0.3 is 0 Å². The van der Waals surface area contributed by atoms with Crippen molar-refractivity contribution in [3.8, 4) is 0 Å². The predicted molar refractivity (Wildman–Crippen MR) is 79.7 cm³/mol. The summed E-state index contributed by atoms with van der Waals surface area (Å²) >= 11 is 5.63. The van der Waals surface area contributed by atoms with E-state index in [0.717, 1.165) is 32.3 Å². The highest BCUT2D eigenvalue weighted by molar-refractivity contribution is 6.67. The predicted octanol–water partition coefficient (Wildman–Crippen LogP) is 2.92. The molecule has 0 aliphatic heterocycles. The normalized spacial score (nSPS) is 17.4. The van der Waals surface area contributed by atoms with Crippen LogP contribution in [0.3, 0.4) is 0 Å². The summed E-state index contributed by atoms with van der Waals surface area (Å²) in [5, 5.41) is 4.52. The van der Waals surface area contributed by atoms with Crippen LogP contribution in [-0.4, -0.2) is 11.0 Å². The van der Waals surface area contributed by atoms with Crippen LogP contribution in [-0.2, 0) is 9.59 Å². The van der Waals surface area contributed by atoms with Crippen LogP contribution >= 0.6 is 11.6 Å². The van der Waals surface area contributed by atoms with Crippen molar-refractivity contribution >= 4 is 50.2 Å². The number of carbonyl (C=O) groups excluding carboxylic acids is 2. The first-order valence-electron chi connectivity index (χ1n) is 6.36. The monoisotopic (exact) mass is 280 g/mol. The molecular formula is C17H9ClO2. The molecule has 1 atom stereocenters. The molecule has 0 heterocycles. The summed E-state index contributed by atoms with van der Waals surface area (Å²) in [7, 11) is 0. The van der Waals surface area contributed by atoms with Gasteiger partial charge in [-0.25, -0.2) is 0 Å². The van der Waals surface area contributed by atoms with Gasteiger partial charge in [0.25, 0.3) is 0 Å². The van der Waals surface area contributed by atoms with E-state index in [0.29, 0.717) is 0 Å². The Morgan fingerprint density at radius 1 is 0.950 bits per heavy atom. The molecule has 0 N–H and O–H groups in total. The lowest BCUT2D eigenvalue weighted by Gasteiger charge is -2.19. The second kappa shape index (κ2) is 3.90. The fourth-order valence-corrected chi connectivity index (χ4v) is 3.35. The second-order valence-corrected chi connectivity index (χ2v) is 5.42. The van der Waals surface area contributed by atoms with Gasteiger partial charge in [-0.15, -0.1) is 0 Å². The Hall–Kier alpha value is -2.19. The second-order valence-electron chi connectivity index (χ2n) is 5.05. The molecule has 0 spiro atoms. The highest BCUT2D eigenvalue weighted by Crippen LogP contribution is 2.34. The number of halogens is 1. The van der Waals surface area contributed by atoms with Crippen molar-refractivity contribution in [2.75, 3.05) is 0 Å². The maximum atomic E-state index is 12.1. The van der Waals surface area contributed by atoms with Gasteiger partial charge in [-0.1, -0.05) is 42.5 Å². The zero-order valence-corrected chi connectivity index (χ0v) is 11.1. The molecule has 0 aromatic heterocycles. The Kier molecular flexibility index (Phi) is 2.27. The minimum atomic E-state index is -0.876. The highest BCUT2D eigenvalue weighted by atomic mass is 35.5. The zero-order chi connectivity index (χ0) is 13.9. The third-order valence-electron chi connectivity index (χ3n) is 3.96. The highest BCUT2D eigenvalue weighted by Gasteiger charge is 2.30. The van der Waals surface area contributed by atoms with Crippen LogP contribution in [0, 0.1) is 0 Å². The number of ketones is 1. The van der Waals surface area contributed by atoms with Crippen molar-refractivity contribution in [1.82, 2.24) is 0 Å². The molecule has 96 valence electrons. The molecule has 20 heavy (non-hydrogen) atoms. The molecule has 3 heteroatoms. The van der Waals surface area contributed by atoms with Crippen LogP contribution in [0.1, 0.15) is 11.5 Å². The van der Waals surface area contributed by atoms with Gasteiger partial charge in [0.15, 0.2) is 5.78 Å². The van der Waals surface area contributed by atoms with E-state index < -0.39 is 11.2 Å². The van der Waals surface area contributed by atoms with E-state index in [-0.39, 0.29) is 5.78 Å². The van der Waals surface area contributed by atoms with Crippen LogP contribution in [0.5, 0.6) is 0 Å². The van der Waals surface area contributed by atoms with Crippen LogP contribution in [0.15, 0.2) is 42.5 Å². The van der Waals surface area contributed by atoms with Gasteiger partial charge >= 0.3 is 0 Å². The summed E-state index contributed by atoms with van der Waals surface area (Å²) < 4.78 is 0. The lowest BCUT2D eigenvalue weighted by molar-refractivity contribution is -0.121. The van der Waals surface area contributed by atoms with E-state index in [2.05, 4.69) is 0 Å². The number of rotatable bonds is 1. The molecule has 1 aliphatic rings. The van der Waals surface area contributed by atoms with Gasteiger partial charge in [-0.05, 0) is 50.0 Å². The summed E-state index contributed by atoms with van der Waals surface area (Å²) in [6.45, 7) is 0. The molecule has 0 amide bonds. The Balaban J connectivity index is 2.29. The molecule has 0 fully saturated rings. The number of Topliss-reactive ketones (excluding diaryl/α,β-unsaturated/α-hetero) is 1. The summed E-state index contributed by atoms with van der Waals surface area (Å²) in [5.74, 6) is -1.12. The van der Waals surface area contributed by atoms with Crippen LogP contribution in [0.2, 0.25) is 0 Å². The summed E-state index contributed by atoms with van der Waals surface area (Å²) in [5.41, 5.74) is 0.719. The van der Waals surface area contributed by atoms with E-state index in [1.165, 1.54) is 6.08 Å². The van der Waals surface area contributed by atoms with Crippen molar-refractivity contribution in [3.05, 3.63) is 53.2 Å². The van der Waals surface area contributed by atoms with Crippen molar-refractivity contribution < 1.29 is 9.59 Å². The van der Waals surface area contributed by atoms with Gasteiger partial charge in [0, 0.05) is 0 Å². The van der Waals surface area contributed by atoms with Crippen molar-refractivity contribution in [2.45, 2.75) is 5.92 Å². The van der Waals surface area contributed by atoms with Crippen molar-refractivity contribution in [2.24, 2.45) is 0 Å². The molecule has 1 unspecified atom stereocenters. The quantitative estimate of drug-likeness (QED) is 0.507. The summed E-state index contributed by atoms with van der Waals surface area (Å²) in [4.78, 5) is 23.7. The largest absolute Gasteiger partial charge is 0.294 e. The van der Waals surface area contributed by atoms with Gasteiger partial charge in [0.2, 0.25) is 5.24 Å². The Bertz CT molecular complexity index is 940. The third kappa shape index (κ3) is 1.40. The summed E-state index contributed by atoms with van der Waals surface area (Å²) in [6, 6.07) is 13.8. The standard InChI is InChI=1S/C17H9ClO2/c18-17(20)16-12-7-6-10-3-1-2-9-4-5-11(8-13(16)19)15(12)14(9)10/h1-8,16H. The topological polar surface area (TPSA) is 34.1 Å². The van der Waals surface area contributed by atoms with E-state index in [1.807, 2.05) is 42.5 Å². The van der Waals surface area contributed by atoms with Crippen molar-refractivity contribution in [1.29, 1.82) is 0 Å². The molecule has 0 bridgehead atoms. The lowest BCUT2D eigenvalue weighted by Crippen LogP contribution is -2.25. The minimum absolute atomic E-state index is 0.240. The van der Waals surface area contributed by atoms with Crippen LogP contribution < -0.4 is 5.22 Å². The lowest BCUT2D eigenvalue weighted by atomic mass is 9.83. The van der Waals surface area contributed by atoms with Gasteiger partial charge in [0.05, 0.1) is 0 Å². The molecule has 0 saturated carbocycles. The maximum absolute atomic E-state index is 12.1. The Labute approximate surface area is 119 Å². The van der Waals surface area contributed by atoms with E-state index in [4.69, 9.17) is 11.6 Å².